The van der Waals surface area contributed by atoms with Gasteiger partial charge in [-0.05, 0) is 92.7 Å². The van der Waals surface area contributed by atoms with Crippen LogP contribution >= 0.6 is 0 Å². The van der Waals surface area contributed by atoms with Gasteiger partial charge in [0.1, 0.15) is 23.9 Å². The molecule has 0 radical (unpaired) electrons. The van der Waals surface area contributed by atoms with E-state index in [4.69, 9.17) is 9.15 Å². The molecule has 0 unspecified atom stereocenters. The minimum absolute atomic E-state index is 0.0245. The molecule has 4 fully saturated rings. The number of benzene rings is 1. The number of ketones is 1. The minimum atomic E-state index is -0.445. The molecule has 30 heavy (non-hydrogen) atoms. The lowest BCUT2D eigenvalue weighted by Gasteiger charge is -2.55. The predicted molar refractivity (Wildman–Crippen MR) is 111 cm³/mol. The summed E-state index contributed by atoms with van der Waals surface area (Å²) in [5, 5.41) is 10.7. The molecule has 4 aliphatic rings. The van der Waals surface area contributed by atoms with Gasteiger partial charge in [0.15, 0.2) is 5.78 Å². The number of carbonyl (C=O) groups is 1. The van der Waals surface area contributed by atoms with E-state index >= 15 is 0 Å². The summed E-state index contributed by atoms with van der Waals surface area (Å²) >= 11 is 0. The van der Waals surface area contributed by atoms with Crippen molar-refractivity contribution in [3.05, 3.63) is 64.1 Å². The molecule has 1 heterocycles. The molecule has 4 bridgehead atoms. The number of nitrogens with zero attached hydrogens (tertiary/aromatic N) is 1. The number of rotatable bonds is 7. The number of carbonyl (C=O) groups excluding carboxylic acids is 1. The fourth-order valence-electron chi connectivity index (χ4n) is 6.13. The molecule has 6 heteroatoms. The Morgan fingerprint density at radius 3 is 2.30 bits per heavy atom. The van der Waals surface area contributed by atoms with Gasteiger partial charge < -0.3 is 9.15 Å². The van der Waals surface area contributed by atoms with Crippen molar-refractivity contribution in [2.45, 2.75) is 45.1 Å². The highest BCUT2D eigenvalue weighted by Crippen LogP contribution is 2.60. The highest BCUT2D eigenvalue weighted by molar-refractivity contribution is 5.98. The summed E-state index contributed by atoms with van der Waals surface area (Å²) in [5.74, 6) is 4.32. The van der Waals surface area contributed by atoms with Crippen LogP contribution in [0.2, 0.25) is 0 Å². The molecule has 1 aromatic heterocycles. The molecule has 0 N–H and O–H groups in total. The van der Waals surface area contributed by atoms with E-state index in [9.17, 15) is 14.9 Å². The Balaban J connectivity index is 1.19. The Morgan fingerprint density at radius 1 is 1.07 bits per heavy atom. The lowest BCUT2D eigenvalue weighted by molar-refractivity contribution is -0.384. The molecular formula is C24H25NO5. The number of hydrogen-bond donors (Lipinski definition) is 0. The van der Waals surface area contributed by atoms with Crippen LogP contribution in [0.25, 0.3) is 6.08 Å². The van der Waals surface area contributed by atoms with Gasteiger partial charge in [-0.1, -0.05) is 0 Å². The number of furan rings is 1. The first-order chi connectivity index (χ1) is 14.5. The molecule has 6 rings (SSSR count). The zero-order valence-corrected chi connectivity index (χ0v) is 16.8. The van der Waals surface area contributed by atoms with Crippen molar-refractivity contribution in [2.24, 2.45) is 23.2 Å². The molecule has 4 aliphatic carbocycles. The number of hydrogen-bond acceptors (Lipinski definition) is 5. The molecule has 2 aromatic rings. The summed E-state index contributed by atoms with van der Waals surface area (Å²) in [6.45, 7) is 0.217. The summed E-state index contributed by atoms with van der Waals surface area (Å²) in [6, 6.07) is 9.58. The number of allylic oxidation sites excluding steroid dienone is 1. The fraction of sp³-hybridized carbons (Fsp3) is 0.458. The molecule has 4 saturated carbocycles. The lowest BCUT2D eigenvalue weighted by atomic mass is 9.48. The van der Waals surface area contributed by atoms with Crippen LogP contribution in [0.1, 0.15) is 50.0 Å². The largest absolute Gasteiger partial charge is 0.486 e. The van der Waals surface area contributed by atoms with Gasteiger partial charge in [0, 0.05) is 17.5 Å². The highest BCUT2D eigenvalue weighted by atomic mass is 16.6. The van der Waals surface area contributed by atoms with Gasteiger partial charge in [-0.2, -0.15) is 0 Å². The average molecular weight is 407 g/mol. The number of nitro benzene ring substituents is 1. The Labute approximate surface area is 175 Å². The number of non-ortho nitro benzene ring substituents is 1. The van der Waals surface area contributed by atoms with Gasteiger partial charge in [-0.3, -0.25) is 14.9 Å². The second-order valence-corrected chi connectivity index (χ2v) is 9.24. The van der Waals surface area contributed by atoms with Crippen LogP contribution in [-0.4, -0.2) is 10.7 Å². The topological polar surface area (TPSA) is 82.6 Å². The summed E-state index contributed by atoms with van der Waals surface area (Å²) < 4.78 is 11.4. The maximum atomic E-state index is 13.1. The monoisotopic (exact) mass is 407 g/mol. The first-order valence-electron chi connectivity index (χ1n) is 10.7. The molecular weight excluding hydrogens is 382 g/mol. The summed E-state index contributed by atoms with van der Waals surface area (Å²) in [7, 11) is 0. The highest BCUT2D eigenvalue weighted by Gasteiger charge is 2.53. The maximum Gasteiger partial charge on any atom is 0.269 e. The van der Waals surface area contributed by atoms with E-state index in [0.717, 1.165) is 37.0 Å². The molecule has 0 amide bonds. The van der Waals surface area contributed by atoms with E-state index < -0.39 is 4.92 Å². The standard InChI is InChI=1S/C24H25NO5/c26-23(24-12-16-9-17(13-24)11-18(10-16)14-24)8-7-21-5-6-22(30-21)15-29-20-3-1-19(2-4-20)25(27)28/h1-8,16-18H,9-15H2/b8-7+. The molecule has 0 atom stereocenters. The van der Waals surface area contributed by atoms with E-state index in [2.05, 4.69) is 0 Å². The average Bonchev–Trinajstić information content (AvgIpc) is 3.17. The quantitative estimate of drug-likeness (QED) is 0.341. The molecule has 1 aromatic carbocycles. The predicted octanol–water partition coefficient (Wildman–Crippen LogP) is 5.57. The Kier molecular flexibility index (Phi) is 4.72. The van der Waals surface area contributed by atoms with E-state index in [1.54, 1.807) is 24.3 Å². The van der Waals surface area contributed by atoms with Crippen LogP contribution in [0.4, 0.5) is 5.69 Å². The van der Waals surface area contributed by atoms with Gasteiger partial charge in [-0.25, -0.2) is 0 Å². The number of nitro groups is 1. The second kappa shape index (κ2) is 7.42. The molecule has 6 nitrogen and oxygen atoms in total. The van der Waals surface area contributed by atoms with Gasteiger partial charge in [-0.15, -0.1) is 0 Å². The third kappa shape index (κ3) is 3.66. The van der Waals surface area contributed by atoms with E-state index in [1.807, 2.05) is 12.1 Å². The van der Waals surface area contributed by atoms with E-state index in [1.165, 1.54) is 31.4 Å². The van der Waals surface area contributed by atoms with Gasteiger partial charge in [0.05, 0.1) is 4.92 Å². The molecule has 0 aliphatic heterocycles. The normalized spacial score (nSPS) is 29.4. The van der Waals surface area contributed by atoms with Crippen LogP contribution in [0.3, 0.4) is 0 Å². The first kappa shape index (κ1) is 19.1. The van der Waals surface area contributed by atoms with Crippen molar-refractivity contribution < 1.29 is 18.9 Å². The Hall–Kier alpha value is -2.89. The van der Waals surface area contributed by atoms with Gasteiger partial charge >= 0.3 is 0 Å². The van der Waals surface area contributed by atoms with Crippen LogP contribution < -0.4 is 4.74 Å². The Bertz CT molecular complexity index is 952. The van der Waals surface area contributed by atoms with Gasteiger partial charge in [0.25, 0.3) is 5.69 Å². The fourth-order valence-corrected chi connectivity index (χ4v) is 6.13. The smallest absolute Gasteiger partial charge is 0.269 e. The minimum Gasteiger partial charge on any atom is -0.486 e. The summed E-state index contributed by atoms with van der Waals surface area (Å²) in [5.41, 5.74) is -0.101. The van der Waals surface area contributed by atoms with Crippen molar-refractivity contribution in [2.75, 3.05) is 0 Å². The van der Waals surface area contributed by atoms with E-state index in [0.29, 0.717) is 17.3 Å². The first-order valence-corrected chi connectivity index (χ1v) is 10.7. The number of ether oxygens (including phenoxy) is 1. The van der Waals surface area contributed by atoms with Crippen molar-refractivity contribution in [1.29, 1.82) is 0 Å². The van der Waals surface area contributed by atoms with Crippen LogP contribution in [-0.2, 0) is 11.4 Å². The van der Waals surface area contributed by atoms with Crippen molar-refractivity contribution in [1.82, 2.24) is 0 Å². The van der Waals surface area contributed by atoms with E-state index in [-0.39, 0.29) is 23.5 Å². The molecule has 0 saturated heterocycles. The zero-order chi connectivity index (χ0) is 20.7. The van der Waals surface area contributed by atoms with Crippen LogP contribution in [0, 0.1) is 33.3 Å². The van der Waals surface area contributed by atoms with Gasteiger partial charge in [0.2, 0.25) is 0 Å². The van der Waals surface area contributed by atoms with Crippen molar-refractivity contribution in [3.63, 3.8) is 0 Å². The third-order valence-corrected chi connectivity index (χ3v) is 7.07. The lowest BCUT2D eigenvalue weighted by Crippen LogP contribution is -2.49. The second-order valence-electron chi connectivity index (χ2n) is 9.24. The zero-order valence-electron chi connectivity index (χ0n) is 16.8. The Morgan fingerprint density at radius 2 is 1.70 bits per heavy atom. The SMILES string of the molecule is O=C(/C=C/c1ccc(COc2ccc([N+](=O)[O-])cc2)o1)C12CC3CC(CC(C3)C1)C2. The maximum absolute atomic E-state index is 13.1. The molecule has 156 valence electrons. The third-order valence-electron chi connectivity index (χ3n) is 7.07. The van der Waals surface area contributed by atoms with Crippen molar-refractivity contribution in [3.8, 4) is 5.75 Å². The van der Waals surface area contributed by atoms with Crippen LogP contribution in [0.15, 0.2) is 46.9 Å². The van der Waals surface area contributed by atoms with Crippen molar-refractivity contribution >= 4 is 17.5 Å². The summed E-state index contributed by atoms with van der Waals surface area (Å²) in [4.78, 5) is 23.3. The van der Waals surface area contributed by atoms with Crippen LogP contribution in [0.5, 0.6) is 5.75 Å². The summed E-state index contributed by atoms with van der Waals surface area (Å²) in [6.07, 6.45) is 10.7. The molecule has 0 spiro atoms.